The van der Waals surface area contributed by atoms with Gasteiger partial charge in [-0.05, 0) is 27.0 Å². The molecule has 2 N–H and O–H groups in total. The Morgan fingerprint density at radius 3 is 2.68 bits per heavy atom. The maximum absolute atomic E-state index is 10.9. The zero-order chi connectivity index (χ0) is 14.5. The van der Waals surface area contributed by atoms with Crippen molar-refractivity contribution in [2.75, 3.05) is 30.0 Å². The van der Waals surface area contributed by atoms with E-state index in [1.54, 1.807) is 11.8 Å². The van der Waals surface area contributed by atoms with Crippen LogP contribution in [-0.2, 0) is 0 Å². The number of nitro groups is 1. The second-order valence-corrected chi connectivity index (χ2v) is 6.05. The van der Waals surface area contributed by atoms with E-state index in [4.69, 9.17) is 0 Å². The van der Waals surface area contributed by atoms with Gasteiger partial charge in [0, 0.05) is 17.8 Å². The Labute approximate surface area is 116 Å². The van der Waals surface area contributed by atoms with Gasteiger partial charge in [-0.2, -0.15) is 16.7 Å². The van der Waals surface area contributed by atoms with E-state index in [9.17, 15) is 10.1 Å². The molecule has 0 spiro atoms. The van der Waals surface area contributed by atoms with Gasteiger partial charge in [-0.3, -0.25) is 10.1 Å². The minimum Gasteiger partial charge on any atom is -0.363 e. The molecule has 0 amide bonds. The molecular weight excluding hydrogens is 266 g/mol. The monoisotopic (exact) mass is 285 g/mol. The lowest BCUT2D eigenvalue weighted by molar-refractivity contribution is -0.384. The molecule has 0 radical (unpaired) electrons. The third-order valence-corrected chi connectivity index (χ3v) is 3.78. The average Bonchev–Trinajstić information content (AvgIpc) is 2.37. The molecule has 0 atom stereocenters. The number of nitrogens with one attached hydrogen (secondary N) is 2. The number of aromatic nitrogens is 2. The second-order valence-electron chi connectivity index (χ2n) is 4.53. The molecule has 1 aromatic rings. The number of hydrogen-bond donors (Lipinski definition) is 2. The molecule has 0 aromatic carbocycles. The lowest BCUT2D eigenvalue weighted by Crippen LogP contribution is -2.26. The van der Waals surface area contributed by atoms with Crippen LogP contribution in [0.25, 0.3) is 0 Å². The van der Waals surface area contributed by atoms with Crippen LogP contribution < -0.4 is 10.6 Å². The van der Waals surface area contributed by atoms with Gasteiger partial charge in [0.05, 0.1) is 4.92 Å². The van der Waals surface area contributed by atoms with Crippen LogP contribution in [0.3, 0.4) is 0 Å². The average molecular weight is 285 g/mol. The van der Waals surface area contributed by atoms with E-state index in [0.29, 0.717) is 19.0 Å². The molecule has 0 saturated heterocycles. The SMILES string of the molecule is CCNc1ncc([N+](=O)[O-])c(NCC(C)(C)SC)n1. The Bertz CT molecular complexity index is 453. The maximum atomic E-state index is 10.9. The van der Waals surface area contributed by atoms with Gasteiger partial charge in [0.15, 0.2) is 0 Å². The molecule has 0 aliphatic heterocycles. The zero-order valence-corrected chi connectivity index (χ0v) is 12.4. The van der Waals surface area contributed by atoms with E-state index in [1.807, 2.05) is 13.2 Å². The van der Waals surface area contributed by atoms with E-state index < -0.39 is 4.92 Å². The van der Waals surface area contributed by atoms with Crippen LogP contribution in [0.2, 0.25) is 0 Å². The van der Waals surface area contributed by atoms with Crippen molar-refractivity contribution in [1.29, 1.82) is 0 Å². The third kappa shape index (κ3) is 4.55. The first kappa shape index (κ1) is 15.5. The van der Waals surface area contributed by atoms with Gasteiger partial charge in [-0.25, -0.2) is 4.98 Å². The van der Waals surface area contributed by atoms with Crippen LogP contribution in [-0.4, -0.2) is 39.0 Å². The lowest BCUT2D eigenvalue weighted by Gasteiger charge is -2.22. The Morgan fingerprint density at radius 1 is 1.47 bits per heavy atom. The molecule has 1 heterocycles. The Kier molecular flexibility index (Phi) is 5.34. The summed E-state index contributed by atoms with van der Waals surface area (Å²) in [6, 6.07) is 0. The quantitative estimate of drug-likeness (QED) is 0.586. The Hall–Kier alpha value is -1.57. The Morgan fingerprint density at radius 2 is 2.16 bits per heavy atom. The van der Waals surface area contributed by atoms with Crippen molar-refractivity contribution >= 4 is 29.2 Å². The molecule has 1 aromatic heterocycles. The van der Waals surface area contributed by atoms with Gasteiger partial charge in [0.25, 0.3) is 0 Å². The normalized spacial score (nSPS) is 11.2. The van der Waals surface area contributed by atoms with Crippen molar-refractivity contribution in [3.05, 3.63) is 16.3 Å². The molecule has 106 valence electrons. The van der Waals surface area contributed by atoms with Crippen molar-refractivity contribution < 1.29 is 4.92 Å². The van der Waals surface area contributed by atoms with Gasteiger partial charge in [-0.15, -0.1) is 0 Å². The van der Waals surface area contributed by atoms with Crippen LogP contribution in [0.15, 0.2) is 6.20 Å². The molecule has 0 aliphatic rings. The standard InChI is InChI=1S/C11H19N5O2S/c1-5-12-10-13-6-8(16(17)18)9(15-10)14-7-11(2,3)19-4/h6H,5,7H2,1-4H3,(H2,12,13,14,15). The van der Waals surface area contributed by atoms with Crippen molar-refractivity contribution in [3.63, 3.8) is 0 Å². The maximum Gasteiger partial charge on any atom is 0.329 e. The number of anilines is 2. The summed E-state index contributed by atoms with van der Waals surface area (Å²) in [6.07, 6.45) is 3.22. The predicted octanol–water partition coefficient (Wildman–Crippen LogP) is 2.37. The van der Waals surface area contributed by atoms with Crippen LogP contribution >= 0.6 is 11.8 Å². The van der Waals surface area contributed by atoms with Crippen molar-refractivity contribution in [2.24, 2.45) is 0 Å². The van der Waals surface area contributed by atoms with Gasteiger partial charge in [0.1, 0.15) is 6.20 Å². The summed E-state index contributed by atoms with van der Waals surface area (Å²) in [5, 5.41) is 16.9. The fraction of sp³-hybridized carbons (Fsp3) is 0.636. The summed E-state index contributed by atoms with van der Waals surface area (Å²) in [7, 11) is 0. The zero-order valence-electron chi connectivity index (χ0n) is 11.6. The molecular formula is C11H19N5O2S. The van der Waals surface area contributed by atoms with Gasteiger partial charge in [-0.1, -0.05) is 0 Å². The van der Waals surface area contributed by atoms with Crippen LogP contribution in [0.4, 0.5) is 17.5 Å². The Balaban J connectivity index is 2.94. The van der Waals surface area contributed by atoms with Crippen molar-refractivity contribution in [1.82, 2.24) is 9.97 Å². The fourth-order valence-corrected chi connectivity index (χ4v) is 1.47. The molecule has 0 bridgehead atoms. The first-order valence-corrected chi connectivity index (χ1v) is 7.16. The summed E-state index contributed by atoms with van der Waals surface area (Å²) in [5.41, 5.74) is -0.112. The van der Waals surface area contributed by atoms with Gasteiger partial charge < -0.3 is 10.6 Å². The molecule has 19 heavy (non-hydrogen) atoms. The highest BCUT2D eigenvalue weighted by molar-refractivity contribution is 7.99. The van der Waals surface area contributed by atoms with Crippen LogP contribution in [0, 0.1) is 10.1 Å². The number of rotatable bonds is 7. The van der Waals surface area contributed by atoms with E-state index in [-0.39, 0.29) is 16.3 Å². The minimum absolute atomic E-state index is 0.0306. The molecule has 7 nitrogen and oxygen atoms in total. The van der Waals surface area contributed by atoms with Crippen molar-refractivity contribution in [2.45, 2.75) is 25.5 Å². The highest BCUT2D eigenvalue weighted by Crippen LogP contribution is 2.25. The van der Waals surface area contributed by atoms with E-state index in [0.717, 1.165) is 0 Å². The fourth-order valence-electron chi connectivity index (χ4n) is 1.25. The number of thioether (sulfide) groups is 1. The molecule has 0 aliphatic carbocycles. The van der Waals surface area contributed by atoms with Gasteiger partial charge in [0.2, 0.25) is 11.8 Å². The first-order chi connectivity index (χ1) is 8.89. The summed E-state index contributed by atoms with van der Waals surface area (Å²) < 4.78 is -0.0306. The molecule has 8 heteroatoms. The third-order valence-electron chi connectivity index (χ3n) is 2.54. The van der Waals surface area contributed by atoms with Gasteiger partial charge >= 0.3 is 5.69 Å². The smallest absolute Gasteiger partial charge is 0.329 e. The summed E-state index contributed by atoms with van der Waals surface area (Å²) in [4.78, 5) is 18.5. The van der Waals surface area contributed by atoms with Crippen LogP contribution in [0.1, 0.15) is 20.8 Å². The summed E-state index contributed by atoms with van der Waals surface area (Å²) in [5.74, 6) is 0.635. The van der Waals surface area contributed by atoms with E-state index >= 15 is 0 Å². The molecule has 0 saturated carbocycles. The summed E-state index contributed by atoms with van der Waals surface area (Å²) in [6.45, 7) is 7.27. The number of nitrogens with zero attached hydrogens (tertiary/aromatic N) is 3. The summed E-state index contributed by atoms with van der Waals surface area (Å²) >= 11 is 1.68. The highest BCUT2D eigenvalue weighted by atomic mass is 32.2. The van der Waals surface area contributed by atoms with E-state index in [2.05, 4.69) is 34.4 Å². The first-order valence-electron chi connectivity index (χ1n) is 5.94. The number of hydrogen-bond acceptors (Lipinski definition) is 7. The molecule has 0 fully saturated rings. The van der Waals surface area contributed by atoms with Crippen LogP contribution in [0.5, 0.6) is 0 Å². The molecule has 0 unspecified atom stereocenters. The topological polar surface area (TPSA) is 93.0 Å². The minimum atomic E-state index is -0.482. The molecule has 1 rings (SSSR count). The lowest BCUT2D eigenvalue weighted by atomic mass is 10.2. The largest absolute Gasteiger partial charge is 0.363 e. The second kappa shape index (κ2) is 6.55. The predicted molar refractivity (Wildman–Crippen MR) is 78.9 cm³/mol. The van der Waals surface area contributed by atoms with E-state index in [1.165, 1.54) is 6.20 Å². The highest BCUT2D eigenvalue weighted by Gasteiger charge is 2.21. The van der Waals surface area contributed by atoms with Crippen molar-refractivity contribution in [3.8, 4) is 0 Å².